The van der Waals surface area contributed by atoms with Crippen LogP contribution in [0.25, 0.3) is 0 Å². The molecule has 1 fully saturated rings. The number of ketones is 1. The van der Waals surface area contributed by atoms with E-state index in [-0.39, 0.29) is 22.1 Å². The Bertz CT molecular complexity index is 621. The molecule has 0 aliphatic carbocycles. The summed E-state index contributed by atoms with van der Waals surface area (Å²) in [4.78, 5) is 12.8. The number of carbonyl (C=O) groups excluding carboxylic acids is 1. The van der Waals surface area contributed by atoms with E-state index >= 15 is 0 Å². The van der Waals surface area contributed by atoms with Gasteiger partial charge in [-0.15, -0.1) is 0 Å². The van der Waals surface area contributed by atoms with Crippen LogP contribution in [-0.2, 0) is 13.9 Å². The number of unbranched alkanes of at least 4 members (excludes halogenated alkanes) is 15. The van der Waals surface area contributed by atoms with E-state index < -0.39 is 7.83 Å². The number of quaternary nitrogens is 1. The van der Waals surface area contributed by atoms with Gasteiger partial charge in [0.05, 0.1) is 12.6 Å². The summed E-state index contributed by atoms with van der Waals surface area (Å²) >= 11 is 0. The maximum Gasteiger partial charge on any atom is 0.542 e. The van der Waals surface area contributed by atoms with Crippen LogP contribution in [0.15, 0.2) is 12.2 Å². The van der Waals surface area contributed by atoms with Gasteiger partial charge in [0.15, 0.2) is 11.8 Å². The van der Waals surface area contributed by atoms with E-state index in [0.29, 0.717) is 13.0 Å². The molecular formula is C29H55NO3P+. The Balaban J connectivity index is 1.95. The second-order valence-corrected chi connectivity index (χ2v) is 12.0. The minimum atomic E-state index is -2.63. The van der Waals surface area contributed by atoms with Gasteiger partial charge in [-0.05, 0) is 46.0 Å². The SMILES string of the molecule is CCCCCCCCC=CCCCCCCCCCCCC(=O)C1CCC[N+]1(C(C)C)P(=O)=O. The van der Waals surface area contributed by atoms with Crippen LogP contribution in [0.4, 0.5) is 0 Å². The van der Waals surface area contributed by atoms with Crippen molar-refractivity contribution in [2.75, 3.05) is 6.54 Å². The van der Waals surface area contributed by atoms with Gasteiger partial charge in [-0.1, -0.05) is 96.1 Å². The Morgan fingerprint density at radius 3 is 1.74 bits per heavy atom. The summed E-state index contributed by atoms with van der Waals surface area (Å²) in [5, 5.41) is 0. The van der Waals surface area contributed by atoms with Crippen molar-refractivity contribution in [2.45, 2.75) is 161 Å². The normalized spacial score (nSPS) is 20.5. The van der Waals surface area contributed by atoms with Crippen LogP contribution in [0.3, 0.4) is 0 Å². The Hall–Kier alpha value is -0.730. The fraction of sp³-hybridized carbons (Fsp3) is 0.897. The molecule has 0 spiro atoms. The third kappa shape index (κ3) is 11.8. The Morgan fingerprint density at radius 2 is 1.26 bits per heavy atom. The molecule has 1 saturated heterocycles. The topological polar surface area (TPSA) is 51.2 Å². The fourth-order valence-electron chi connectivity index (χ4n) is 5.57. The van der Waals surface area contributed by atoms with Crippen molar-refractivity contribution in [3.05, 3.63) is 12.2 Å². The summed E-state index contributed by atoms with van der Waals surface area (Å²) < 4.78 is 24.0. The standard InChI is InChI=1S/C29H55NO3P/c1-4-5-6-7-8-9-10-11-12-13-14-15-16-17-18-19-20-21-22-25-29(31)28-24-23-26-30(28,27(2)3)34(32)33/h11-12,27-28H,4-10,13-26H2,1-3H3/q+1. The van der Waals surface area contributed by atoms with Crippen molar-refractivity contribution in [2.24, 2.45) is 0 Å². The molecule has 0 saturated carbocycles. The number of carbonyl (C=O) groups is 1. The van der Waals surface area contributed by atoms with Gasteiger partial charge in [-0.25, -0.2) is 4.25 Å². The molecule has 0 amide bonds. The van der Waals surface area contributed by atoms with Crippen molar-refractivity contribution in [1.29, 1.82) is 0 Å². The van der Waals surface area contributed by atoms with E-state index in [1.165, 1.54) is 96.3 Å². The van der Waals surface area contributed by atoms with Crippen LogP contribution >= 0.6 is 7.83 Å². The molecule has 1 rings (SSSR count). The van der Waals surface area contributed by atoms with Crippen molar-refractivity contribution >= 4 is 13.6 Å². The number of nitrogens with zero attached hydrogens (tertiary/aromatic N) is 1. The molecule has 0 bridgehead atoms. The molecule has 34 heavy (non-hydrogen) atoms. The molecule has 0 radical (unpaired) electrons. The maximum absolute atomic E-state index is 12.8. The number of hydrogen-bond donors (Lipinski definition) is 0. The minimum absolute atomic E-state index is 0.0108. The number of allylic oxidation sites excluding steroid dienone is 2. The predicted molar refractivity (Wildman–Crippen MR) is 145 cm³/mol. The van der Waals surface area contributed by atoms with Crippen LogP contribution in [0.1, 0.15) is 149 Å². The lowest BCUT2D eigenvalue weighted by molar-refractivity contribution is -0.834. The fourth-order valence-corrected chi connectivity index (χ4v) is 6.73. The first kappa shape index (κ1) is 31.3. The van der Waals surface area contributed by atoms with Crippen LogP contribution in [0.2, 0.25) is 0 Å². The summed E-state index contributed by atoms with van der Waals surface area (Å²) in [5.41, 5.74) is 0. The van der Waals surface area contributed by atoms with Crippen molar-refractivity contribution < 1.29 is 18.2 Å². The Labute approximate surface area is 211 Å². The van der Waals surface area contributed by atoms with Gasteiger partial charge >= 0.3 is 7.83 Å². The Morgan fingerprint density at radius 1 is 0.794 bits per heavy atom. The highest BCUT2D eigenvalue weighted by atomic mass is 31.1. The van der Waals surface area contributed by atoms with Gasteiger partial charge < -0.3 is 0 Å². The minimum Gasteiger partial charge on any atom is -0.293 e. The molecule has 4 nitrogen and oxygen atoms in total. The second kappa shape index (κ2) is 19.5. The molecule has 0 aromatic heterocycles. The van der Waals surface area contributed by atoms with Crippen molar-refractivity contribution in [3.8, 4) is 0 Å². The van der Waals surface area contributed by atoms with E-state index in [9.17, 15) is 13.9 Å². The molecule has 0 aromatic rings. The molecule has 0 aromatic carbocycles. The zero-order chi connectivity index (χ0) is 25.1. The van der Waals surface area contributed by atoms with Gasteiger partial charge in [-0.2, -0.15) is 9.13 Å². The lowest BCUT2D eigenvalue weighted by Gasteiger charge is -2.34. The van der Waals surface area contributed by atoms with Gasteiger partial charge in [0, 0.05) is 19.3 Å². The highest BCUT2D eigenvalue weighted by molar-refractivity contribution is 7.23. The number of Topliss-reactive ketones (excluding diaryl/α,β-unsaturated/α-hetero) is 1. The van der Waals surface area contributed by atoms with E-state index in [2.05, 4.69) is 19.1 Å². The van der Waals surface area contributed by atoms with Crippen molar-refractivity contribution in [1.82, 2.24) is 0 Å². The van der Waals surface area contributed by atoms with Gasteiger partial charge in [0.2, 0.25) is 0 Å². The summed E-state index contributed by atoms with van der Waals surface area (Å²) in [5.74, 6) is 0.173. The Kier molecular flexibility index (Phi) is 17.9. The van der Waals surface area contributed by atoms with Crippen LogP contribution in [-0.4, -0.2) is 28.7 Å². The molecule has 0 N–H and O–H groups in total. The first-order valence-electron chi connectivity index (χ1n) is 14.7. The van der Waals surface area contributed by atoms with E-state index in [0.717, 1.165) is 25.7 Å². The first-order valence-corrected chi connectivity index (χ1v) is 15.8. The summed E-state index contributed by atoms with van der Waals surface area (Å²) in [6.07, 6.45) is 28.8. The monoisotopic (exact) mass is 496 g/mol. The van der Waals surface area contributed by atoms with E-state index in [4.69, 9.17) is 0 Å². The molecular weight excluding hydrogens is 441 g/mol. The van der Waals surface area contributed by atoms with Crippen LogP contribution in [0.5, 0.6) is 0 Å². The average Bonchev–Trinajstić information content (AvgIpc) is 3.27. The van der Waals surface area contributed by atoms with Gasteiger partial charge in [-0.3, -0.25) is 4.79 Å². The number of hydrogen-bond acceptors (Lipinski definition) is 3. The van der Waals surface area contributed by atoms with E-state index in [1.807, 2.05) is 13.8 Å². The third-order valence-corrected chi connectivity index (χ3v) is 9.34. The lowest BCUT2D eigenvalue weighted by atomic mass is 10.0. The smallest absolute Gasteiger partial charge is 0.293 e. The molecule has 1 aliphatic rings. The first-order chi connectivity index (χ1) is 16.5. The largest absolute Gasteiger partial charge is 0.542 e. The molecule has 198 valence electrons. The highest BCUT2D eigenvalue weighted by Crippen LogP contribution is 2.42. The van der Waals surface area contributed by atoms with Gasteiger partial charge in [0.1, 0.15) is 0 Å². The van der Waals surface area contributed by atoms with Crippen LogP contribution in [0, 0.1) is 0 Å². The molecule has 5 heteroatoms. The number of rotatable bonds is 22. The van der Waals surface area contributed by atoms with Gasteiger partial charge in [0.25, 0.3) is 0 Å². The summed E-state index contributed by atoms with van der Waals surface area (Å²) in [7, 11) is -2.63. The molecule has 2 atom stereocenters. The average molecular weight is 497 g/mol. The lowest BCUT2D eigenvalue weighted by Crippen LogP contribution is -2.52. The zero-order valence-electron chi connectivity index (χ0n) is 22.8. The van der Waals surface area contributed by atoms with Crippen LogP contribution < -0.4 is 0 Å². The highest BCUT2D eigenvalue weighted by Gasteiger charge is 2.52. The third-order valence-electron chi connectivity index (χ3n) is 7.79. The molecule has 1 aliphatic heterocycles. The second-order valence-electron chi connectivity index (χ2n) is 10.8. The van der Waals surface area contributed by atoms with E-state index in [1.54, 1.807) is 0 Å². The number of likely N-dealkylation sites (tertiary alicyclic amines) is 1. The quantitative estimate of drug-likeness (QED) is 0.0851. The predicted octanol–water partition coefficient (Wildman–Crippen LogP) is 9.63. The maximum atomic E-state index is 12.8. The molecule has 1 heterocycles. The molecule has 2 unspecified atom stereocenters. The summed E-state index contributed by atoms with van der Waals surface area (Å²) in [6, 6.07) is -0.370. The summed E-state index contributed by atoms with van der Waals surface area (Å²) in [6.45, 7) is 6.74. The van der Waals surface area contributed by atoms with Crippen molar-refractivity contribution in [3.63, 3.8) is 0 Å². The zero-order valence-corrected chi connectivity index (χ0v) is 23.7.